The molecule has 0 fully saturated rings. The van der Waals surface area contributed by atoms with E-state index in [1.807, 2.05) is 11.3 Å². The molecule has 120 valence electrons. The van der Waals surface area contributed by atoms with Crippen molar-refractivity contribution in [3.05, 3.63) is 53.5 Å². The summed E-state index contributed by atoms with van der Waals surface area (Å²) in [7, 11) is 0. The Labute approximate surface area is 143 Å². The number of hydrogen-bond acceptors (Lipinski definition) is 1. The predicted molar refractivity (Wildman–Crippen MR) is 101 cm³/mol. The quantitative estimate of drug-likeness (QED) is 0.490. The van der Waals surface area contributed by atoms with Gasteiger partial charge in [0.15, 0.2) is 11.7 Å². The second-order valence-electron chi connectivity index (χ2n) is 8.20. The van der Waals surface area contributed by atoms with Crippen LogP contribution in [0.1, 0.15) is 47.1 Å². The maximum Gasteiger partial charge on any atom is 0.221 e. The number of pyridine rings is 1. The molecule has 2 heteroatoms. The van der Waals surface area contributed by atoms with Crippen LogP contribution in [0.2, 0.25) is 0 Å². The summed E-state index contributed by atoms with van der Waals surface area (Å²) < 4.78 is 3.77. The van der Waals surface area contributed by atoms with Gasteiger partial charge in [0.2, 0.25) is 5.69 Å². The molecule has 2 heterocycles. The van der Waals surface area contributed by atoms with Crippen LogP contribution >= 0.6 is 11.3 Å². The first-order valence-corrected chi connectivity index (χ1v) is 9.10. The maximum atomic E-state index is 2.42. The van der Waals surface area contributed by atoms with Gasteiger partial charge in [-0.25, -0.2) is 0 Å². The number of benzene rings is 1. The molecule has 0 aliphatic carbocycles. The average Bonchev–Trinajstić information content (AvgIpc) is 2.92. The molecule has 0 N–H and O–H groups in total. The lowest BCUT2D eigenvalue weighted by molar-refractivity contribution is -0.743. The van der Waals surface area contributed by atoms with Gasteiger partial charge in [-0.05, 0) is 28.5 Å². The predicted octanol–water partition coefficient (Wildman–Crippen LogP) is 5.91. The van der Waals surface area contributed by atoms with Gasteiger partial charge < -0.3 is 0 Å². The Morgan fingerprint density at radius 3 is 2.22 bits per heavy atom. The van der Waals surface area contributed by atoms with E-state index in [1.165, 1.54) is 26.9 Å². The Kier molecular flexibility index (Phi) is 3.84. The fourth-order valence-corrected chi connectivity index (χ4v) is 3.95. The summed E-state index contributed by atoms with van der Waals surface area (Å²) in [5, 5.41) is 3.55. The molecule has 0 saturated carbocycles. The first kappa shape index (κ1) is 16.2. The largest absolute Gasteiger partial charge is 0.221 e. The zero-order chi connectivity index (χ0) is 16.8. The van der Waals surface area contributed by atoms with E-state index < -0.39 is 0 Å². The van der Waals surface area contributed by atoms with Crippen molar-refractivity contribution >= 4 is 21.4 Å². The highest BCUT2D eigenvalue weighted by Gasteiger charge is 2.31. The summed E-state index contributed by atoms with van der Waals surface area (Å²) in [4.78, 5) is 0. The number of hydrogen-bond donors (Lipinski definition) is 0. The molecule has 0 amide bonds. The lowest BCUT2D eigenvalue weighted by Crippen LogP contribution is -2.51. The van der Waals surface area contributed by atoms with Crippen LogP contribution in [0.4, 0.5) is 0 Å². The minimum absolute atomic E-state index is 0.0382. The maximum absolute atomic E-state index is 2.42. The SMILES string of the molecule is CC(C)(C)c1ccccc1-c1c2ccsc2cc[n+]1C(C)(C)C. The summed E-state index contributed by atoms with van der Waals surface area (Å²) in [6.45, 7) is 13.7. The molecular formula is C21H26NS+. The van der Waals surface area contributed by atoms with Crippen molar-refractivity contribution < 1.29 is 4.57 Å². The van der Waals surface area contributed by atoms with Gasteiger partial charge in [0, 0.05) is 31.5 Å². The fraction of sp³-hybridized carbons (Fsp3) is 0.381. The van der Waals surface area contributed by atoms with Gasteiger partial charge in [0.05, 0.1) is 10.9 Å². The molecule has 0 radical (unpaired) electrons. The minimum Gasteiger partial charge on any atom is -0.193 e. The van der Waals surface area contributed by atoms with Crippen molar-refractivity contribution in [2.24, 2.45) is 0 Å². The highest BCUT2D eigenvalue weighted by atomic mass is 32.1. The van der Waals surface area contributed by atoms with Crippen molar-refractivity contribution in [3.8, 4) is 11.3 Å². The van der Waals surface area contributed by atoms with Crippen LogP contribution in [-0.2, 0) is 11.0 Å². The highest BCUT2D eigenvalue weighted by Crippen LogP contribution is 2.36. The van der Waals surface area contributed by atoms with Gasteiger partial charge in [-0.15, -0.1) is 11.3 Å². The molecule has 0 spiro atoms. The second-order valence-corrected chi connectivity index (χ2v) is 9.15. The van der Waals surface area contributed by atoms with Gasteiger partial charge in [0.1, 0.15) is 0 Å². The van der Waals surface area contributed by atoms with E-state index in [0.29, 0.717) is 0 Å². The lowest BCUT2D eigenvalue weighted by atomic mass is 9.82. The van der Waals surface area contributed by atoms with Crippen LogP contribution in [0.25, 0.3) is 21.3 Å². The van der Waals surface area contributed by atoms with Crippen molar-refractivity contribution in [1.29, 1.82) is 0 Å². The Morgan fingerprint density at radius 1 is 0.870 bits per heavy atom. The van der Waals surface area contributed by atoms with E-state index in [9.17, 15) is 0 Å². The van der Waals surface area contributed by atoms with Gasteiger partial charge in [-0.3, -0.25) is 0 Å². The summed E-state index contributed by atoms with van der Waals surface area (Å²) in [6.07, 6.45) is 2.24. The number of fused-ring (bicyclic) bond motifs is 1. The van der Waals surface area contributed by atoms with E-state index in [1.54, 1.807) is 0 Å². The molecule has 3 rings (SSSR count). The number of nitrogens with zero attached hydrogens (tertiary/aromatic N) is 1. The molecule has 0 atom stereocenters. The van der Waals surface area contributed by atoms with E-state index in [2.05, 4.69) is 94.1 Å². The third-order valence-corrected chi connectivity index (χ3v) is 5.16. The lowest BCUT2D eigenvalue weighted by Gasteiger charge is -2.24. The third-order valence-electron chi connectivity index (χ3n) is 4.28. The van der Waals surface area contributed by atoms with Crippen LogP contribution in [0.5, 0.6) is 0 Å². The van der Waals surface area contributed by atoms with E-state index in [4.69, 9.17) is 0 Å². The molecule has 1 nitrogen and oxygen atoms in total. The van der Waals surface area contributed by atoms with Crippen LogP contribution < -0.4 is 4.57 Å². The van der Waals surface area contributed by atoms with Crippen molar-refractivity contribution in [2.75, 3.05) is 0 Å². The van der Waals surface area contributed by atoms with Gasteiger partial charge in [0.25, 0.3) is 0 Å². The summed E-state index contributed by atoms with van der Waals surface area (Å²) in [5.41, 5.74) is 4.23. The van der Waals surface area contributed by atoms with Crippen LogP contribution in [-0.4, -0.2) is 0 Å². The van der Waals surface area contributed by atoms with Crippen LogP contribution in [0, 0.1) is 0 Å². The fourth-order valence-electron chi connectivity index (χ4n) is 3.17. The monoisotopic (exact) mass is 324 g/mol. The van der Waals surface area contributed by atoms with Gasteiger partial charge in [-0.2, -0.15) is 4.57 Å². The van der Waals surface area contributed by atoms with Crippen molar-refractivity contribution in [2.45, 2.75) is 52.5 Å². The van der Waals surface area contributed by atoms with E-state index in [0.717, 1.165) is 0 Å². The second kappa shape index (κ2) is 5.45. The molecular weight excluding hydrogens is 298 g/mol. The number of thiophene rings is 1. The van der Waals surface area contributed by atoms with E-state index in [-0.39, 0.29) is 11.0 Å². The Bertz CT molecular complexity index is 844. The highest BCUT2D eigenvalue weighted by molar-refractivity contribution is 7.17. The first-order valence-electron chi connectivity index (χ1n) is 8.22. The molecule has 0 aliphatic rings. The van der Waals surface area contributed by atoms with Crippen LogP contribution in [0.3, 0.4) is 0 Å². The molecule has 3 aromatic rings. The molecule has 23 heavy (non-hydrogen) atoms. The molecule has 0 bridgehead atoms. The van der Waals surface area contributed by atoms with Crippen LogP contribution in [0.15, 0.2) is 48.0 Å². The Morgan fingerprint density at radius 2 is 1.57 bits per heavy atom. The molecule has 0 unspecified atom stereocenters. The Balaban J connectivity index is 2.43. The molecule has 0 aliphatic heterocycles. The summed E-state index contributed by atoms with van der Waals surface area (Å²) in [6, 6.07) is 13.4. The smallest absolute Gasteiger partial charge is 0.193 e. The standard InChI is InChI=1S/C21H26NS/c1-20(2,3)17-10-8-7-9-15(17)19-16-12-14-23-18(16)11-13-22(19)21(4,5)6/h7-14H,1-6H3/q+1. The average molecular weight is 325 g/mol. The molecule has 2 aromatic heterocycles. The van der Waals surface area contributed by atoms with Gasteiger partial charge in [-0.1, -0.05) is 39.0 Å². The number of aromatic nitrogens is 1. The topological polar surface area (TPSA) is 3.88 Å². The summed E-state index contributed by atoms with van der Waals surface area (Å²) in [5.74, 6) is 0. The van der Waals surface area contributed by atoms with Gasteiger partial charge >= 0.3 is 0 Å². The van der Waals surface area contributed by atoms with E-state index >= 15 is 0 Å². The van der Waals surface area contributed by atoms with Crippen molar-refractivity contribution in [3.63, 3.8) is 0 Å². The minimum atomic E-state index is 0.0382. The summed E-state index contributed by atoms with van der Waals surface area (Å²) >= 11 is 1.82. The zero-order valence-electron chi connectivity index (χ0n) is 15.0. The normalized spacial score (nSPS) is 12.8. The third kappa shape index (κ3) is 2.92. The zero-order valence-corrected chi connectivity index (χ0v) is 15.8. The first-order chi connectivity index (χ1) is 10.7. The molecule has 1 aromatic carbocycles. The van der Waals surface area contributed by atoms with Crippen molar-refractivity contribution in [1.82, 2.24) is 0 Å². The number of rotatable bonds is 1. The Hall–Kier alpha value is -1.67. The molecule has 0 saturated heterocycles.